The molecular weight excluding hydrogens is 417 g/mol. The van der Waals surface area contributed by atoms with E-state index in [1.807, 2.05) is 54.8 Å². The topological polar surface area (TPSA) is 62.5 Å². The second-order valence-electron chi connectivity index (χ2n) is 8.63. The molecule has 5 rings (SSSR count). The number of nitrogens with one attached hydrogen (secondary N) is 1. The summed E-state index contributed by atoms with van der Waals surface area (Å²) in [6, 6.07) is 18.1. The van der Waals surface area contributed by atoms with Gasteiger partial charge in [0.1, 0.15) is 11.6 Å². The Hall–Kier alpha value is -3.74. The first kappa shape index (κ1) is 21.1. The molecule has 6 nitrogen and oxygen atoms in total. The molecule has 0 bridgehead atoms. The van der Waals surface area contributed by atoms with E-state index in [0.717, 1.165) is 65.6 Å². The van der Waals surface area contributed by atoms with Gasteiger partial charge < -0.3 is 10.2 Å². The second-order valence-corrected chi connectivity index (χ2v) is 8.63. The zero-order valence-electron chi connectivity index (χ0n) is 18.8. The lowest BCUT2D eigenvalue weighted by Gasteiger charge is -2.33. The third kappa shape index (κ3) is 4.31. The number of amides is 1. The second kappa shape index (κ2) is 8.65. The molecule has 0 unspecified atom stereocenters. The minimum absolute atomic E-state index is 0.0216. The zero-order chi connectivity index (χ0) is 22.9. The summed E-state index contributed by atoms with van der Waals surface area (Å²) < 4.78 is 15.2. The Bertz CT molecular complexity index is 1310. The van der Waals surface area contributed by atoms with Crippen molar-refractivity contribution < 1.29 is 9.18 Å². The van der Waals surface area contributed by atoms with Crippen LogP contribution in [0.15, 0.2) is 60.7 Å². The number of hydrogen-bond donors (Lipinski definition) is 1. The predicted molar refractivity (Wildman–Crippen MR) is 128 cm³/mol. The molecule has 1 saturated heterocycles. The Morgan fingerprint density at radius 3 is 2.48 bits per heavy atom. The van der Waals surface area contributed by atoms with E-state index in [4.69, 9.17) is 5.10 Å². The van der Waals surface area contributed by atoms with Gasteiger partial charge in [0.15, 0.2) is 5.65 Å². The van der Waals surface area contributed by atoms with Gasteiger partial charge in [0, 0.05) is 48.1 Å². The van der Waals surface area contributed by atoms with Crippen LogP contribution >= 0.6 is 0 Å². The van der Waals surface area contributed by atoms with Gasteiger partial charge in [-0.3, -0.25) is 4.79 Å². The number of piperidine rings is 1. The highest BCUT2D eigenvalue weighted by Crippen LogP contribution is 2.28. The van der Waals surface area contributed by atoms with Gasteiger partial charge in [-0.05, 0) is 62.6 Å². The molecule has 0 radical (unpaired) electrons. The van der Waals surface area contributed by atoms with Crippen molar-refractivity contribution in [3.8, 4) is 11.3 Å². The first-order valence-electron chi connectivity index (χ1n) is 11.2. The third-order valence-electron chi connectivity index (χ3n) is 6.27. The third-order valence-corrected chi connectivity index (χ3v) is 6.27. The normalized spacial score (nSPS) is 14.6. The van der Waals surface area contributed by atoms with Crippen LogP contribution in [0.5, 0.6) is 0 Å². The molecule has 2 aromatic carbocycles. The summed E-state index contributed by atoms with van der Waals surface area (Å²) in [5.74, 6) is 0.750. The van der Waals surface area contributed by atoms with Gasteiger partial charge in [-0.2, -0.15) is 9.61 Å². The van der Waals surface area contributed by atoms with Crippen molar-refractivity contribution in [2.45, 2.75) is 26.7 Å². The van der Waals surface area contributed by atoms with E-state index >= 15 is 0 Å². The molecule has 1 aliphatic rings. The molecule has 0 atom stereocenters. The fourth-order valence-electron chi connectivity index (χ4n) is 4.39. The van der Waals surface area contributed by atoms with Crippen molar-refractivity contribution in [3.05, 3.63) is 77.7 Å². The summed E-state index contributed by atoms with van der Waals surface area (Å²) in [5.41, 5.74) is 5.19. The number of nitrogens with zero attached hydrogens (tertiary/aromatic N) is 4. The van der Waals surface area contributed by atoms with Gasteiger partial charge in [0.2, 0.25) is 5.91 Å². The van der Waals surface area contributed by atoms with Gasteiger partial charge in [-0.15, -0.1) is 0 Å². The summed E-state index contributed by atoms with van der Waals surface area (Å²) in [5, 5.41) is 7.85. The Morgan fingerprint density at radius 1 is 1.03 bits per heavy atom. The van der Waals surface area contributed by atoms with Gasteiger partial charge >= 0.3 is 0 Å². The number of aromatic nitrogens is 3. The lowest BCUT2D eigenvalue weighted by Crippen LogP contribution is -2.39. The molecule has 4 aromatic rings. The van der Waals surface area contributed by atoms with Crippen LogP contribution in [0.25, 0.3) is 16.9 Å². The van der Waals surface area contributed by atoms with Crippen LogP contribution in [0.4, 0.5) is 15.9 Å². The van der Waals surface area contributed by atoms with E-state index < -0.39 is 0 Å². The zero-order valence-corrected chi connectivity index (χ0v) is 18.8. The molecule has 168 valence electrons. The number of anilines is 2. The van der Waals surface area contributed by atoms with Gasteiger partial charge in [-0.25, -0.2) is 9.37 Å². The summed E-state index contributed by atoms with van der Waals surface area (Å²) in [6.07, 6.45) is 1.54. The maximum atomic E-state index is 13.3. The molecular formula is C26H26FN5O. The van der Waals surface area contributed by atoms with Gasteiger partial charge in [0.25, 0.3) is 0 Å². The predicted octanol–water partition coefficient (Wildman–Crippen LogP) is 5.01. The van der Waals surface area contributed by atoms with Crippen LogP contribution in [0, 0.1) is 25.6 Å². The highest BCUT2D eigenvalue weighted by molar-refractivity contribution is 5.93. The Balaban J connectivity index is 1.34. The minimum atomic E-state index is -0.272. The van der Waals surface area contributed by atoms with Crippen molar-refractivity contribution in [2.24, 2.45) is 5.92 Å². The Labute approximate surface area is 192 Å². The smallest absolute Gasteiger partial charge is 0.227 e. The molecule has 1 amide bonds. The minimum Gasteiger partial charge on any atom is -0.356 e. The Kier molecular flexibility index (Phi) is 5.54. The standard InChI is InChI=1S/C26H26FN5O/c1-17-5-3-4-6-22(17)29-26(33)20-11-13-31(14-12-20)25-15-18(2)28-24-16-23(30-32(24)25)19-7-9-21(27)10-8-19/h3-10,15-16,20H,11-14H2,1-2H3,(H,29,33). The van der Waals surface area contributed by atoms with E-state index in [2.05, 4.69) is 15.2 Å². The maximum absolute atomic E-state index is 13.3. The monoisotopic (exact) mass is 443 g/mol. The lowest BCUT2D eigenvalue weighted by atomic mass is 9.95. The highest BCUT2D eigenvalue weighted by atomic mass is 19.1. The van der Waals surface area contributed by atoms with Gasteiger partial charge in [-0.1, -0.05) is 18.2 Å². The largest absolute Gasteiger partial charge is 0.356 e. The summed E-state index contributed by atoms with van der Waals surface area (Å²) in [7, 11) is 0. The number of fused-ring (bicyclic) bond motifs is 1. The van der Waals surface area contributed by atoms with Crippen LogP contribution in [0.3, 0.4) is 0 Å². The van der Waals surface area contributed by atoms with E-state index in [1.54, 1.807) is 12.1 Å². The van der Waals surface area contributed by atoms with Gasteiger partial charge in [0.05, 0.1) is 5.69 Å². The van der Waals surface area contributed by atoms with E-state index in [-0.39, 0.29) is 17.6 Å². The summed E-state index contributed by atoms with van der Waals surface area (Å²) in [6.45, 7) is 5.49. The van der Waals surface area contributed by atoms with E-state index in [9.17, 15) is 9.18 Å². The number of aryl methyl sites for hydroxylation is 2. The lowest BCUT2D eigenvalue weighted by molar-refractivity contribution is -0.120. The van der Waals surface area contributed by atoms with Crippen molar-refractivity contribution in [3.63, 3.8) is 0 Å². The van der Waals surface area contributed by atoms with E-state index in [1.165, 1.54) is 12.1 Å². The van der Waals surface area contributed by atoms with Crippen molar-refractivity contribution in [1.29, 1.82) is 0 Å². The first-order valence-corrected chi connectivity index (χ1v) is 11.2. The van der Waals surface area contributed by atoms with Crippen molar-refractivity contribution in [1.82, 2.24) is 14.6 Å². The molecule has 0 spiro atoms. The number of para-hydroxylation sites is 1. The molecule has 0 saturated carbocycles. The number of hydrogen-bond acceptors (Lipinski definition) is 4. The van der Waals surface area contributed by atoms with Crippen LogP contribution in [0.1, 0.15) is 24.1 Å². The molecule has 7 heteroatoms. The van der Waals surface area contributed by atoms with Crippen LogP contribution in [-0.2, 0) is 4.79 Å². The summed E-state index contributed by atoms with van der Waals surface area (Å²) >= 11 is 0. The molecule has 33 heavy (non-hydrogen) atoms. The highest BCUT2D eigenvalue weighted by Gasteiger charge is 2.27. The van der Waals surface area contributed by atoms with Crippen molar-refractivity contribution >= 4 is 23.1 Å². The Morgan fingerprint density at radius 2 is 1.76 bits per heavy atom. The van der Waals surface area contributed by atoms with Crippen LogP contribution in [0.2, 0.25) is 0 Å². The number of benzene rings is 2. The first-order chi connectivity index (χ1) is 16.0. The van der Waals surface area contributed by atoms with Crippen LogP contribution < -0.4 is 10.2 Å². The average Bonchev–Trinajstić information content (AvgIpc) is 3.24. The quantitative estimate of drug-likeness (QED) is 0.482. The number of rotatable bonds is 4. The number of carbonyl (C=O) groups is 1. The van der Waals surface area contributed by atoms with Crippen molar-refractivity contribution in [2.75, 3.05) is 23.3 Å². The average molecular weight is 444 g/mol. The molecule has 1 aliphatic heterocycles. The van der Waals surface area contributed by atoms with E-state index in [0.29, 0.717) is 0 Å². The maximum Gasteiger partial charge on any atom is 0.227 e. The molecule has 1 N–H and O–H groups in total. The number of carbonyl (C=O) groups excluding carboxylic acids is 1. The number of halogens is 1. The SMILES string of the molecule is Cc1cc(N2CCC(C(=O)Nc3ccccc3C)CC2)n2nc(-c3ccc(F)cc3)cc2n1. The fourth-order valence-corrected chi connectivity index (χ4v) is 4.39. The van der Waals surface area contributed by atoms with Crippen LogP contribution in [-0.4, -0.2) is 33.6 Å². The summed E-state index contributed by atoms with van der Waals surface area (Å²) in [4.78, 5) is 19.7. The molecule has 2 aromatic heterocycles. The fraction of sp³-hybridized carbons (Fsp3) is 0.269. The molecule has 0 aliphatic carbocycles. The molecule has 1 fully saturated rings. The molecule has 3 heterocycles.